The first-order valence-corrected chi connectivity index (χ1v) is 9.70. The molecule has 0 aromatic rings. The van der Waals surface area contributed by atoms with E-state index in [1.54, 1.807) is 7.11 Å². The topological polar surface area (TPSA) is 78.5 Å². The van der Waals surface area contributed by atoms with Gasteiger partial charge in [-0.05, 0) is 27.8 Å². The molecule has 0 fully saturated rings. The van der Waals surface area contributed by atoms with Gasteiger partial charge in [0.05, 0.1) is 52.7 Å². The van der Waals surface area contributed by atoms with Gasteiger partial charge < -0.3 is 29.0 Å². The van der Waals surface area contributed by atoms with Crippen LogP contribution >= 0.6 is 0 Å². The first kappa shape index (κ1) is 26.2. The minimum absolute atomic E-state index is 0.244. The van der Waals surface area contributed by atoms with Gasteiger partial charge in [0.15, 0.2) is 0 Å². The molecule has 0 saturated heterocycles. The number of rotatable bonds is 18. The van der Waals surface area contributed by atoms with Crippen LogP contribution in [0, 0.1) is 0 Å². The average molecular weight is 393 g/mol. The molecule has 0 amide bonds. The van der Waals surface area contributed by atoms with Crippen molar-refractivity contribution in [3.63, 3.8) is 0 Å². The molecular weight excluding hydrogens is 352 g/mol. The van der Waals surface area contributed by atoms with Gasteiger partial charge in [-0.1, -0.05) is 0 Å². The fraction of sp³-hybridized carbons (Fsp3) is 0.947. The maximum Gasteiger partial charge on any atom is 0.308 e. The molecule has 0 aliphatic heterocycles. The van der Waals surface area contributed by atoms with Crippen LogP contribution < -0.4 is 5.32 Å². The number of ether oxygens (including phenoxy) is 5. The summed E-state index contributed by atoms with van der Waals surface area (Å²) in [6, 6.07) is 0. The minimum Gasteiger partial charge on any atom is -0.460 e. The summed E-state index contributed by atoms with van der Waals surface area (Å²) in [5, 5.41) is 3.15. The van der Waals surface area contributed by atoms with Crippen molar-refractivity contribution < 1.29 is 28.5 Å². The Hall–Kier alpha value is -0.770. The molecule has 0 heterocycles. The quantitative estimate of drug-likeness (QED) is 0.273. The molecule has 8 heteroatoms. The van der Waals surface area contributed by atoms with E-state index in [0.717, 1.165) is 32.8 Å². The third kappa shape index (κ3) is 19.8. The number of nitrogens with one attached hydrogen (secondary N) is 1. The first-order chi connectivity index (χ1) is 12.9. The van der Waals surface area contributed by atoms with Gasteiger partial charge in [0.2, 0.25) is 0 Å². The van der Waals surface area contributed by atoms with Crippen LogP contribution in [0.2, 0.25) is 0 Å². The zero-order valence-electron chi connectivity index (χ0n) is 17.9. The molecule has 0 aliphatic rings. The molecule has 0 aromatic heterocycles. The van der Waals surface area contributed by atoms with E-state index >= 15 is 0 Å². The van der Waals surface area contributed by atoms with Crippen molar-refractivity contribution in [3.05, 3.63) is 0 Å². The van der Waals surface area contributed by atoms with E-state index < -0.39 is 5.60 Å². The number of nitrogens with zero attached hydrogens (tertiary/aromatic N) is 1. The predicted octanol–water partition coefficient (Wildman–Crippen LogP) is 0.936. The number of methoxy groups -OCH3 is 1. The summed E-state index contributed by atoms with van der Waals surface area (Å²) < 4.78 is 26.7. The van der Waals surface area contributed by atoms with Crippen molar-refractivity contribution >= 4 is 5.97 Å². The maximum absolute atomic E-state index is 11.5. The Morgan fingerprint density at radius 1 is 0.852 bits per heavy atom. The van der Waals surface area contributed by atoms with Gasteiger partial charge in [0.1, 0.15) is 5.60 Å². The van der Waals surface area contributed by atoms with E-state index in [2.05, 4.69) is 10.2 Å². The largest absolute Gasteiger partial charge is 0.460 e. The Morgan fingerprint density at radius 2 is 1.41 bits per heavy atom. The molecule has 0 aliphatic carbocycles. The van der Waals surface area contributed by atoms with Gasteiger partial charge in [-0.2, -0.15) is 0 Å². The highest BCUT2D eigenvalue weighted by Gasteiger charge is 2.15. The molecule has 0 aromatic carbocycles. The fourth-order valence-electron chi connectivity index (χ4n) is 2.11. The van der Waals surface area contributed by atoms with Crippen LogP contribution in [-0.2, 0) is 28.5 Å². The average Bonchev–Trinajstić information content (AvgIpc) is 2.59. The van der Waals surface area contributed by atoms with Crippen LogP contribution in [0.3, 0.4) is 0 Å². The van der Waals surface area contributed by atoms with Crippen LogP contribution in [0.25, 0.3) is 0 Å². The lowest BCUT2D eigenvalue weighted by molar-refractivity contribution is -0.156. The number of esters is 1. The Morgan fingerprint density at radius 3 is 1.96 bits per heavy atom. The van der Waals surface area contributed by atoms with E-state index in [4.69, 9.17) is 23.7 Å². The second-order valence-electron chi connectivity index (χ2n) is 7.11. The van der Waals surface area contributed by atoms with E-state index in [1.807, 2.05) is 27.8 Å². The summed E-state index contributed by atoms with van der Waals surface area (Å²) in [6.07, 6.45) is 0.257. The molecule has 0 bridgehead atoms. The summed E-state index contributed by atoms with van der Waals surface area (Å²) in [5.74, 6) is -0.244. The van der Waals surface area contributed by atoms with Crippen molar-refractivity contribution in [2.45, 2.75) is 32.8 Å². The second kappa shape index (κ2) is 17.3. The van der Waals surface area contributed by atoms with Crippen LogP contribution in [0.4, 0.5) is 0 Å². The number of carbonyl (C=O) groups is 1. The van der Waals surface area contributed by atoms with Gasteiger partial charge in [-0.3, -0.25) is 9.69 Å². The Balaban J connectivity index is 3.44. The third-order valence-electron chi connectivity index (χ3n) is 3.46. The summed E-state index contributed by atoms with van der Waals surface area (Å²) in [6.45, 7) is 13.0. The standard InChI is InChI=1S/C19H40N2O6/c1-19(2,3)27-18(22)6-11-24-14-16-26-17-15-25-13-10-21(8-7-20-4)9-12-23-5/h20H,6-17H2,1-5H3. The summed E-state index contributed by atoms with van der Waals surface area (Å²) >= 11 is 0. The van der Waals surface area contributed by atoms with Gasteiger partial charge in [0, 0.05) is 33.3 Å². The molecule has 162 valence electrons. The van der Waals surface area contributed by atoms with Crippen molar-refractivity contribution in [3.8, 4) is 0 Å². The van der Waals surface area contributed by atoms with E-state index in [1.165, 1.54) is 0 Å². The molecule has 0 saturated carbocycles. The van der Waals surface area contributed by atoms with Gasteiger partial charge >= 0.3 is 5.97 Å². The maximum atomic E-state index is 11.5. The number of likely N-dealkylation sites (N-methyl/N-ethyl adjacent to an activating group) is 1. The highest BCUT2D eigenvalue weighted by atomic mass is 16.6. The molecule has 0 spiro atoms. The minimum atomic E-state index is -0.451. The Kier molecular flexibility index (Phi) is 16.8. The second-order valence-corrected chi connectivity index (χ2v) is 7.11. The Labute approximate surface area is 164 Å². The Bertz CT molecular complexity index is 342. The normalized spacial score (nSPS) is 11.9. The summed E-state index contributed by atoms with van der Waals surface area (Å²) in [4.78, 5) is 13.8. The lowest BCUT2D eigenvalue weighted by Crippen LogP contribution is -2.36. The number of hydrogen-bond acceptors (Lipinski definition) is 8. The molecule has 1 N–H and O–H groups in total. The van der Waals surface area contributed by atoms with Crippen LogP contribution in [-0.4, -0.2) is 103 Å². The molecule has 0 radical (unpaired) electrons. The molecule has 0 atom stereocenters. The lowest BCUT2D eigenvalue weighted by Gasteiger charge is -2.21. The smallest absolute Gasteiger partial charge is 0.308 e. The highest BCUT2D eigenvalue weighted by Crippen LogP contribution is 2.07. The van der Waals surface area contributed by atoms with E-state index in [-0.39, 0.29) is 12.4 Å². The van der Waals surface area contributed by atoms with Crippen molar-refractivity contribution in [2.24, 2.45) is 0 Å². The SMILES string of the molecule is CNCCN(CCOC)CCOCCOCCOCCC(=O)OC(C)(C)C. The van der Waals surface area contributed by atoms with Gasteiger partial charge in [0.25, 0.3) is 0 Å². The zero-order valence-corrected chi connectivity index (χ0v) is 17.9. The summed E-state index contributed by atoms with van der Waals surface area (Å²) in [5.41, 5.74) is -0.451. The lowest BCUT2D eigenvalue weighted by atomic mass is 10.2. The molecule has 27 heavy (non-hydrogen) atoms. The van der Waals surface area contributed by atoms with E-state index in [0.29, 0.717) is 39.6 Å². The molecule has 0 unspecified atom stereocenters. The van der Waals surface area contributed by atoms with E-state index in [9.17, 15) is 4.79 Å². The van der Waals surface area contributed by atoms with Crippen molar-refractivity contribution in [1.29, 1.82) is 0 Å². The van der Waals surface area contributed by atoms with Crippen LogP contribution in [0.15, 0.2) is 0 Å². The zero-order chi connectivity index (χ0) is 20.4. The van der Waals surface area contributed by atoms with Crippen LogP contribution in [0.1, 0.15) is 27.2 Å². The van der Waals surface area contributed by atoms with Crippen molar-refractivity contribution in [2.75, 3.05) is 86.6 Å². The molecule has 8 nitrogen and oxygen atoms in total. The number of carbonyl (C=O) groups excluding carboxylic acids is 1. The van der Waals surface area contributed by atoms with Crippen LogP contribution in [0.5, 0.6) is 0 Å². The third-order valence-corrected chi connectivity index (χ3v) is 3.46. The van der Waals surface area contributed by atoms with Gasteiger partial charge in [-0.25, -0.2) is 0 Å². The molecular formula is C19H40N2O6. The van der Waals surface area contributed by atoms with Gasteiger partial charge in [-0.15, -0.1) is 0 Å². The number of hydrogen-bond donors (Lipinski definition) is 1. The monoisotopic (exact) mass is 392 g/mol. The molecule has 0 rings (SSSR count). The summed E-state index contributed by atoms with van der Waals surface area (Å²) in [7, 11) is 3.66. The highest BCUT2D eigenvalue weighted by molar-refractivity contribution is 5.69. The first-order valence-electron chi connectivity index (χ1n) is 9.70. The predicted molar refractivity (Wildman–Crippen MR) is 105 cm³/mol. The van der Waals surface area contributed by atoms with Crippen molar-refractivity contribution in [1.82, 2.24) is 10.2 Å². The fourth-order valence-corrected chi connectivity index (χ4v) is 2.11.